The highest BCUT2D eigenvalue weighted by atomic mass is 79.9. The number of nitrogens with one attached hydrogen (secondary N) is 1. The van der Waals surface area contributed by atoms with Crippen LogP contribution in [0.2, 0.25) is 5.02 Å². The summed E-state index contributed by atoms with van der Waals surface area (Å²) in [7, 11) is 1.57. The number of carbonyl (C=O) groups excluding carboxylic acids is 1. The van der Waals surface area contributed by atoms with Gasteiger partial charge in [0, 0.05) is 10.6 Å². The summed E-state index contributed by atoms with van der Waals surface area (Å²) in [6.07, 6.45) is 1.54. The van der Waals surface area contributed by atoms with Crippen molar-refractivity contribution in [2.24, 2.45) is 5.10 Å². The van der Waals surface area contributed by atoms with Crippen LogP contribution >= 0.6 is 27.5 Å². The second kappa shape index (κ2) is 11.5. The molecule has 0 saturated heterocycles. The predicted octanol–water partition coefficient (Wildman–Crippen LogP) is 5.85. The number of benzene rings is 3. The topological polar surface area (TPSA) is 69.2 Å². The molecule has 0 saturated carbocycles. The van der Waals surface area contributed by atoms with Gasteiger partial charge >= 0.3 is 0 Å². The molecule has 0 atom stereocenters. The van der Waals surface area contributed by atoms with Crippen LogP contribution < -0.4 is 19.6 Å². The van der Waals surface area contributed by atoms with Crippen LogP contribution in [0.4, 0.5) is 0 Å². The fraction of sp³-hybridized carbons (Fsp3) is 0.167. The van der Waals surface area contributed by atoms with E-state index in [0.29, 0.717) is 45.5 Å². The average Bonchev–Trinajstić information content (AvgIpc) is 2.80. The third-order valence-electron chi connectivity index (χ3n) is 4.36. The van der Waals surface area contributed by atoms with Crippen molar-refractivity contribution in [3.05, 3.63) is 86.8 Å². The van der Waals surface area contributed by atoms with Gasteiger partial charge in [0.2, 0.25) is 0 Å². The summed E-state index contributed by atoms with van der Waals surface area (Å²) in [6.45, 7) is 2.73. The lowest BCUT2D eigenvalue weighted by molar-refractivity contribution is 0.0955. The van der Waals surface area contributed by atoms with Crippen molar-refractivity contribution < 1.29 is 19.0 Å². The molecule has 3 aromatic carbocycles. The molecule has 6 nitrogen and oxygen atoms in total. The van der Waals surface area contributed by atoms with Crippen molar-refractivity contribution in [3.63, 3.8) is 0 Å². The van der Waals surface area contributed by atoms with E-state index in [4.69, 9.17) is 25.8 Å². The van der Waals surface area contributed by atoms with Gasteiger partial charge in [0.1, 0.15) is 12.4 Å². The number of hydrogen-bond donors (Lipinski definition) is 1. The SMILES string of the molecule is CCOc1cc(/C=N/NC(=O)c2ccc(OC)cc2)cc(Br)c1OCc1ccc(Cl)cc1. The fourth-order valence-corrected chi connectivity index (χ4v) is 3.47. The third kappa shape index (κ3) is 6.48. The molecule has 0 spiro atoms. The van der Waals surface area contributed by atoms with Crippen molar-refractivity contribution in [1.29, 1.82) is 0 Å². The summed E-state index contributed by atoms with van der Waals surface area (Å²) in [5, 5.41) is 4.72. The lowest BCUT2D eigenvalue weighted by Gasteiger charge is -2.14. The first-order chi connectivity index (χ1) is 15.5. The number of hydrogen-bond acceptors (Lipinski definition) is 5. The monoisotopic (exact) mass is 516 g/mol. The minimum absolute atomic E-state index is 0.323. The summed E-state index contributed by atoms with van der Waals surface area (Å²) in [6, 6.07) is 17.8. The minimum atomic E-state index is -0.323. The van der Waals surface area contributed by atoms with Crippen LogP contribution in [0.25, 0.3) is 0 Å². The smallest absolute Gasteiger partial charge is 0.271 e. The molecule has 1 N–H and O–H groups in total. The van der Waals surface area contributed by atoms with Crippen LogP contribution in [0.3, 0.4) is 0 Å². The Bertz CT molecular complexity index is 1090. The number of halogens is 2. The molecule has 8 heteroatoms. The Labute approximate surface area is 200 Å². The number of ether oxygens (including phenoxy) is 3. The van der Waals surface area contributed by atoms with Crippen LogP contribution in [-0.4, -0.2) is 25.8 Å². The van der Waals surface area contributed by atoms with Gasteiger partial charge in [-0.05, 0) is 82.5 Å². The van der Waals surface area contributed by atoms with Gasteiger partial charge in [0.25, 0.3) is 5.91 Å². The van der Waals surface area contributed by atoms with Crippen LogP contribution in [0.5, 0.6) is 17.2 Å². The quantitative estimate of drug-likeness (QED) is 0.285. The minimum Gasteiger partial charge on any atom is -0.497 e. The first kappa shape index (κ1) is 23.6. The molecule has 0 unspecified atom stereocenters. The Morgan fingerprint density at radius 2 is 1.81 bits per heavy atom. The first-order valence-corrected chi connectivity index (χ1v) is 11.0. The Kier molecular flexibility index (Phi) is 8.53. The summed E-state index contributed by atoms with van der Waals surface area (Å²) in [5.41, 5.74) is 4.70. The summed E-state index contributed by atoms with van der Waals surface area (Å²) >= 11 is 9.47. The van der Waals surface area contributed by atoms with E-state index >= 15 is 0 Å². The van der Waals surface area contributed by atoms with Gasteiger partial charge in [-0.3, -0.25) is 4.79 Å². The molecule has 0 radical (unpaired) electrons. The third-order valence-corrected chi connectivity index (χ3v) is 5.20. The molecule has 0 aliphatic heterocycles. The highest BCUT2D eigenvalue weighted by Gasteiger charge is 2.12. The Morgan fingerprint density at radius 3 is 2.47 bits per heavy atom. The van der Waals surface area contributed by atoms with Gasteiger partial charge in [-0.1, -0.05) is 23.7 Å². The standard InChI is InChI=1S/C24H22BrClN2O4/c1-3-31-22-13-17(14-27-28-24(29)18-6-10-20(30-2)11-7-18)12-21(25)23(22)32-15-16-4-8-19(26)9-5-16/h4-14H,3,15H2,1-2H3,(H,28,29)/b27-14+. The molecular formula is C24H22BrClN2O4. The van der Waals surface area contributed by atoms with Crippen molar-refractivity contribution in [1.82, 2.24) is 5.43 Å². The maximum absolute atomic E-state index is 12.2. The summed E-state index contributed by atoms with van der Waals surface area (Å²) in [5.74, 6) is 1.51. The number of methoxy groups -OCH3 is 1. The van der Waals surface area contributed by atoms with E-state index in [1.165, 1.54) is 6.21 Å². The predicted molar refractivity (Wildman–Crippen MR) is 129 cm³/mol. The maximum Gasteiger partial charge on any atom is 0.271 e. The molecule has 0 heterocycles. The molecule has 0 fully saturated rings. The van der Waals surface area contributed by atoms with E-state index in [1.807, 2.05) is 37.3 Å². The zero-order chi connectivity index (χ0) is 22.9. The van der Waals surface area contributed by atoms with E-state index in [0.717, 1.165) is 11.1 Å². The number of carbonyl (C=O) groups is 1. The molecule has 166 valence electrons. The maximum atomic E-state index is 12.2. The lowest BCUT2D eigenvalue weighted by Crippen LogP contribution is -2.17. The van der Waals surface area contributed by atoms with Crippen molar-refractivity contribution in [2.45, 2.75) is 13.5 Å². The lowest BCUT2D eigenvalue weighted by atomic mass is 10.2. The van der Waals surface area contributed by atoms with E-state index in [-0.39, 0.29) is 5.91 Å². The second-order valence-corrected chi connectivity index (χ2v) is 7.90. The molecule has 1 amide bonds. The van der Waals surface area contributed by atoms with Crippen LogP contribution in [0, 0.1) is 0 Å². The van der Waals surface area contributed by atoms with Crippen LogP contribution in [-0.2, 0) is 6.61 Å². The van der Waals surface area contributed by atoms with Gasteiger partial charge in [-0.15, -0.1) is 0 Å². The van der Waals surface area contributed by atoms with E-state index < -0.39 is 0 Å². The van der Waals surface area contributed by atoms with Crippen molar-refractivity contribution in [2.75, 3.05) is 13.7 Å². The highest BCUT2D eigenvalue weighted by molar-refractivity contribution is 9.10. The molecule has 0 bridgehead atoms. The van der Waals surface area contributed by atoms with Gasteiger partial charge in [0.15, 0.2) is 11.5 Å². The molecule has 3 aromatic rings. The molecule has 0 aliphatic rings. The van der Waals surface area contributed by atoms with Crippen LogP contribution in [0.15, 0.2) is 70.2 Å². The molecule has 32 heavy (non-hydrogen) atoms. The summed E-state index contributed by atoms with van der Waals surface area (Å²) < 4.78 is 17.5. The molecule has 3 rings (SSSR count). The van der Waals surface area contributed by atoms with Gasteiger partial charge < -0.3 is 14.2 Å². The van der Waals surface area contributed by atoms with Gasteiger partial charge in [0.05, 0.1) is 24.4 Å². The number of nitrogens with zero attached hydrogens (tertiary/aromatic N) is 1. The second-order valence-electron chi connectivity index (χ2n) is 6.61. The first-order valence-electron chi connectivity index (χ1n) is 9.81. The van der Waals surface area contributed by atoms with E-state index in [9.17, 15) is 4.79 Å². The number of hydrazone groups is 1. The van der Waals surface area contributed by atoms with Gasteiger partial charge in [-0.25, -0.2) is 5.43 Å². The largest absolute Gasteiger partial charge is 0.497 e. The Morgan fingerprint density at radius 1 is 1.09 bits per heavy atom. The van der Waals surface area contributed by atoms with Crippen LogP contribution in [0.1, 0.15) is 28.4 Å². The molecular weight excluding hydrogens is 496 g/mol. The normalized spacial score (nSPS) is 10.8. The Balaban J connectivity index is 1.69. The zero-order valence-corrected chi connectivity index (χ0v) is 19.9. The molecule has 0 aliphatic carbocycles. The summed E-state index contributed by atoms with van der Waals surface area (Å²) in [4.78, 5) is 12.2. The average molecular weight is 518 g/mol. The number of amides is 1. The van der Waals surface area contributed by atoms with Gasteiger partial charge in [-0.2, -0.15) is 5.10 Å². The van der Waals surface area contributed by atoms with Crippen molar-refractivity contribution >= 4 is 39.7 Å². The van der Waals surface area contributed by atoms with E-state index in [2.05, 4.69) is 26.5 Å². The number of rotatable bonds is 9. The highest BCUT2D eigenvalue weighted by Crippen LogP contribution is 2.37. The van der Waals surface area contributed by atoms with Crippen molar-refractivity contribution in [3.8, 4) is 17.2 Å². The zero-order valence-electron chi connectivity index (χ0n) is 17.6. The Hall–Kier alpha value is -3.03. The molecule has 0 aromatic heterocycles. The van der Waals surface area contributed by atoms with E-state index in [1.54, 1.807) is 37.4 Å². The fourth-order valence-electron chi connectivity index (χ4n) is 2.77.